The predicted octanol–water partition coefficient (Wildman–Crippen LogP) is 4.89. The first-order chi connectivity index (χ1) is 23.4. The largest absolute Gasteiger partial charge is 0.504 e. The number of rotatable bonds is 5. The van der Waals surface area contributed by atoms with Gasteiger partial charge in [-0.3, -0.25) is 14.3 Å². The summed E-state index contributed by atoms with van der Waals surface area (Å²) in [5.74, 6) is -2.18. The summed E-state index contributed by atoms with van der Waals surface area (Å²) in [4.78, 5) is 58.2. The van der Waals surface area contributed by atoms with Crippen LogP contribution in [0.4, 0.5) is 5.82 Å². The van der Waals surface area contributed by atoms with Gasteiger partial charge in [0.25, 0.3) is 0 Å². The summed E-state index contributed by atoms with van der Waals surface area (Å²) in [5.41, 5.74) is 0.348. The van der Waals surface area contributed by atoms with E-state index < -0.39 is 46.5 Å². The number of fused-ring (bicyclic) bond motifs is 5. The molecule has 2 fully saturated rings. The molecule has 0 bridgehead atoms. The van der Waals surface area contributed by atoms with Crippen molar-refractivity contribution in [2.24, 2.45) is 25.4 Å². The second kappa shape index (κ2) is 10.8. The minimum atomic E-state index is -1.36. The van der Waals surface area contributed by atoms with Crippen LogP contribution in [0, 0.1) is 18.3 Å². The van der Waals surface area contributed by atoms with E-state index in [0.717, 1.165) is 25.1 Å². The van der Waals surface area contributed by atoms with E-state index in [4.69, 9.17) is 21.4 Å². The zero-order valence-corrected chi connectivity index (χ0v) is 29.0. The highest BCUT2D eigenvalue weighted by Crippen LogP contribution is 2.62. The van der Waals surface area contributed by atoms with Crippen LogP contribution in [0.5, 0.6) is 11.5 Å². The molecule has 3 aliphatic rings. The molecule has 2 aliphatic heterocycles. The third-order valence-electron chi connectivity index (χ3n) is 10.6. The molecule has 5 heterocycles. The first-order valence-electron chi connectivity index (χ1n) is 16.0. The number of ether oxygens (including phenoxy) is 1. The SMILES string of the molecule is CCOc1cccc(C2C3=CCn4c(=O)n(C)c(=O)n4C3CC3C(=O)N(c4cc(-c5sc6ccc(Cl)cc6c5C)nn4C)C(=O)C32C)c1O. The molecular weight excluding hydrogens is 668 g/mol. The Kier molecular flexibility index (Phi) is 6.93. The fourth-order valence-electron chi connectivity index (χ4n) is 8.21. The van der Waals surface area contributed by atoms with Crippen LogP contribution < -0.4 is 21.0 Å². The predicted molar refractivity (Wildman–Crippen MR) is 186 cm³/mol. The van der Waals surface area contributed by atoms with Crippen LogP contribution in [-0.2, 0) is 30.2 Å². The summed E-state index contributed by atoms with van der Waals surface area (Å²) < 4.78 is 12.1. The lowest BCUT2D eigenvalue weighted by atomic mass is 9.56. The number of benzene rings is 2. The number of anilines is 1. The van der Waals surface area contributed by atoms with E-state index in [1.54, 1.807) is 56.5 Å². The Morgan fingerprint density at radius 1 is 1.10 bits per heavy atom. The van der Waals surface area contributed by atoms with Crippen LogP contribution in [0.1, 0.15) is 43.4 Å². The van der Waals surface area contributed by atoms with Crippen molar-refractivity contribution in [3.8, 4) is 22.1 Å². The number of imide groups is 1. The van der Waals surface area contributed by atoms with Crippen LogP contribution >= 0.6 is 22.9 Å². The average molecular weight is 701 g/mol. The molecule has 4 unspecified atom stereocenters. The summed E-state index contributed by atoms with van der Waals surface area (Å²) in [6, 6.07) is 11.9. The van der Waals surface area contributed by atoms with Crippen molar-refractivity contribution >= 4 is 50.7 Å². The average Bonchev–Trinajstić information content (AvgIpc) is 3.73. The standard InChI is InChI=1S/C35H33ClN6O6S/c1-6-48-25-9-7-8-20(29(25)43)28-19-12-13-40-33(46)38(4)34(47)42(40)24(19)15-22-31(44)41(32(45)35(22,28)3)27-16-23(37-39(27)5)30-17(2)21-14-18(36)10-11-26(21)49-30/h7-12,14,16,22,24,28,43H,6,13,15H2,1-5H3. The zero-order chi connectivity index (χ0) is 34.7. The van der Waals surface area contributed by atoms with Gasteiger partial charge in [0.2, 0.25) is 11.8 Å². The zero-order valence-electron chi connectivity index (χ0n) is 27.4. The molecule has 1 aliphatic carbocycles. The molecule has 2 amide bonds. The van der Waals surface area contributed by atoms with E-state index in [2.05, 4.69) is 0 Å². The Balaban J connectivity index is 1.30. The Morgan fingerprint density at radius 2 is 1.88 bits per heavy atom. The van der Waals surface area contributed by atoms with Crippen molar-refractivity contribution in [3.63, 3.8) is 0 Å². The molecule has 12 nitrogen and oxygen atoms in total. The first kappa shape index (κ1) is 31.4. The second-order valence-corrected chi connectivity index (χ2v) is 14.6. The summed E-state index contributed by atoms with van der Waals surface area (Å²) >= 11 is 7.84. The molecule has 5 aromatic rings. The van der Waals surface area contributed by atoms with Crippen molar-refractivity contribution in [3.05, 3.63) is 91.2 Å². The van der Waals surface area contributed by atoms with Gasteiger partial charge >= 0.3 is 11.4 Å². The number of aromatic hydroxyl groups is 1. The van der Waals surface area contributed by atoms with Gasteiger partial charge in [-0.25, -0.2) is 28.4 Å². The number of carbonyl (C=O) groups excluding carboxylic acids is 2. The fraction of sp³-hybridized carbons (Fsp3) is 0.343. The molecule has 1 saturated carbocycles. The van der Waals surface area contributed by atoms with Crippen molar-refractivity contribution in [1.82, 2.24) is 23.7 Å². The Morgan fingerprint density at radius 3 is 2.63 bits per heavy atom. The van der Waals surface area contributed by atoms with Gasteiger partial charge in [0.15, 0.2) is 11.5 Å². The van der Waals surface area contributed by atoms with Gasteiger partial charge in [-0.2, -0.15) is 5.10 Å². The maximum atomic E-state index is 15.0. The van der Waals surface area contributed by atoms with Gasteiger partial charge in [0.1, 0.15) is 11.5 Å². The number of allylic oxidation sites excluding steroid dienone is 2. The van der Waals surface area contributed by atoms with Gasteiger partial charge in [-0.15, -0.1) is 11.3 Å². The number of hydrogen-bond donors (Lipinski definition) is 1. The van der Waals surface area contributed by atoms with Crippen LogP contribution in [0.3, 0.4) is 0 Å². The highest BCUT2D eigenvalue weighted by molar-refractivity contribution is 7.22. The summed E-state index contributed by atoms with van der Waals surface area (Å²) in [7, 11) is 3.12. The molecule has 252 valence electrons. The number of hydrogen-bond acceptors (Lipinski definition) is 8. The normalized spacial score (nSPS) is 23.1. The highest BCUT2D eigenvalue weighted by atomic mass is 35.5. The van der Waals surface area contributed by atoms with E-state index in [0.29, 0.717) is 34.3 Å². The molecule has 2 aromatic carbocycles. The number of aryl methyl sites for hydroxylation is 2. The maximum Gasteiger partial charge on any atom is 0.347 e. The molecule has 1 N–H and O–H groups in total. The van der Waals surface area contributed by atoms with Crippen LogP contribution in [0.15, 0.2) is 63.7 Å². The van der Waals surface area contributed by atoms with E-state index in [-0.39, 0.29) is 24.5 Å². The third-order valence-corrected chi connectivity index (χ3v) is 12.1. The molecule has 0 spiro atoms. The summed E-state index contributed by atoms with van der Waals surface area (Å²) in [5, 5.41) is 18.0. The van der Waals surface area contributed by atoms with Crippen LogP contribution in [0.2, 0.25) is 5.02 Å². The molecule has 8 rings (SSSR count). The molecule has 3 aromatic heterocycles. The lowest BCUT2D eigenvalue weighted by Gasteiger charge is -2.47. The lowest BCUT2D eigenvalue weighted by Crippen LogP contribution is -2.49. The minimum Gasteiger partial charge on any atom is -0.504 e. The number of aromatic nitrogens is 5. The van der Waals surface area contributed by atoms with Gasteiger partial charge in [-0.1, -0.05) is 29.8 Å². The highest BCUT2D eigenvalue weighted by Gasteiger charge is 2.66. The number of thiophene rings is 1. The van der Waals surface area contributed by atoms with E-state index in [1.807, 2.05) is 31.2 Å². The van der Waals surface area contributed by atoms with Crippen molar-refractivity contribution in [2.45, 2.75) is 45.7 Å². The monoisotopic (exact) mass is 700 g/mol. The number of phenolic OH excluding ortho intramolecular Hbond substituents is 1. The van der Waals surface area contributed by atoms with E-state index in [9.17, 15) is 24.3 Å². The lowest BCUT2D eigenvalue weighted by molar-refractivity contribution is -0.129. The number of halogens is 1. The Bertz CT molecular complexity index is 2410. The minimum absolute atomic E-state index is 0.0978. The van der Waals surface area contributed by atoms with Crippen molar-refractivity contribution in [1.29, 1.82) is 0 Å². The smallest absolute Gasteiger partial charge is 0.347 e. The van der Waals surface area contributed by atoms with Gasteiger partial charge in [-0.05, 0) is 68.0 Å². The van der Waals surface area contributed by atoms with Crippen LogP contribution in [0.25, 0.3) is 20.7 Å². The molecule has 49 heavy (non-hydrogen) atoms. The Hall–Kier alpha value is -4.88. The van der Waals surface area contributed by atoms with Crippen LogP contribution in [-0.4, -0.2) is 47.2 Å². The third kappa shape index (κ3) is 4.18. The quantitative estimate of drug-likeness (QED) is 0.204. The molecule has 14 heteroatoms. The second-order valence-electron chi connectivity index (χ2n) is 13.1. The van der Waals surface area contributed by atoms with Crippen molar-refractivity contribution in [2.75, 3.05) is 11.5 Å². The topological polar surface area (TPSA) is 134 Å². The molecule has 1 saturated heterocycles. The number of phenols is 1. The fourth-order valence-corrected chi connectivity index (χ4v) is 9.53. The number of para-hydroxylation sites is 1. The molecular formula is C35H33ClN6O6S. The first-order valence-corrected chi connectivity index (χ1v) is 17.2. The Labute approximate surface area is 289 Å². The summed E-state index contributed by atoms with van der Waals surface area (Å²) in [6.45, 7) is 5.96. The summed E-state index contributed by atoms with van der Waals surface area (Å²) in [6.07, 6.45) is 1.96. The van der Waals surface area contributed by atoms with Crippen molar-refractivity contribution < 1.29 is 19.4 Å². The number of carbonyl (C=O) groups is 2. The number of amides is 2. The van der Waals surface area contributed by atoms with Gasteiger partial charge in [0.05, 0.1) is 35.4 Å². The van der Waals surface area contributed by atoms with E-state index in [1.165, 1.54) is 26.0 Å². The van der Waals surface area contributed by atoms with E-state index >= 15 is 0 Å². The molecule has 4 atom stereocenters. The van der Waals surface area contributed by atoms with Gasteiger partial charge < -0.3 is 9.84 Å². The number of nitrogens with zero attached hydrogens (tertiary/aromatic N) is 6. The maximum absolute atomic E-state index is 15.0. The molecule has 0 radical (unpaired) electrons. The van der Waals surface area contributed by atoms with Gasteiger partial charge in [0, 0.05) is 41.4 Å².